The predicted octanol–water partition coefficient (Wildman–Crippen LogP) is 2.24. The highest BCUT2D eigenvalue weighted by Gasteiger charge is 2.11. The predicted molar refractivity (Wildman–Crippen MR) is 64.3 cm³/mol. The number of ketones is 1. The van der Waals surface area contributed by atoms with Gasteiger partial charge in [0.25, 0.3) is 0 Å². The van der Waals surface area contributed by atoms with Crippen molar-refractivity contribution in [2.45, 2.75) is 13.0 Å². The summed E-state index contributed by atoms with van der Waals surface area (Å²) in [5.41, 5.74) is 0. The van der Waals surface area contributed by atoms with Crippen molar-refractivity contribution < 1.29 is 13.9 Å². The van der Waals surface area contributed by atoms with Gasteiger partial charge in [0.15, 0.2) is 11.9 Å². The first kappa shape index (κ1) is 13.2. The molecule has 0 saturated heterocycles. The topological polar surface area (TPSA) is 29.5 Å². The average Bonchev–Trinajstić information content (AvgIpc) is 2.28. The third-order valence-corrected chi connectivity index (χ3v) is 2.06. The molecule has 17 heavy (non-hydrogen) atoms. The molecule has 1 aromatic rings. The van der Waals surface area contributed by atoms with Gasteiger partial charge in [0, 0.05) is 26.4 Å². The summed E-state index contributed by atoms with van der Waals surface area (Å²) in [5, 5.41) is 0. The smallest absolute Gasteiger partial charge is 0.197 e. The summed E-state index contributed by atoms with van der Waals surface area (Å²) in [5.74, 6) is 0.0114. The maximum absolute atomic E-state index is 12.7. The third-order valence-electron chi connectivity index (χ3n) is 2.06. The molecule has 0 heterocycles. The van der Waals surface area contributed by atoms with Crippen LogP contribution in [0.4, 0.5) is 4.39 Å². The molecule has 0 spiro atoms. The van der Waals surface area contributed by atoms with Crippen molar-refractivity contribution in [1.82, 2.24) is 4.90 Å². The van der Waals surface area contributed by atoms with Gasteiger partial charge in [-0.1, -0.05) is 0 Å². The van der Waals surface area contributed by atoms with Crippen LogP contribution in [0.1, 0.15) is 6.92 Å². The summed E-state index contributed by atoms with van der Waals surface area (Å²) >= 11 is 0. The van der Waals surface area contributed by atoms with E-state index in [-0.39, 0.29) is 11.6 Å². The zero-order chi connectivity index (χ0) is 12.8. The summed E-state index contributed by atoms with van der Waals surface area (Å²) in [6.07, 6.45) is 2.53. The lowest BCUT2D eigenvalue weighted by molar-refractivity contribution is -0.120. The molecular weight excluding hydrogens is 221 g/mol. The Hall–Kier alpha value is -1.84. The largest absolute Gasteiger partial charge is 0.483 e. The van der Waals surface area contributed by atoms with Gasteiger partial charge in [0.05, 0.1) is 0 Å². The van der Waals surface area contributed by atoms with Crippen LogP contribution < -0.4 is 4.74 Å². The van der Waals surface area contributed by atoms with Crippen LogP contribution in [0.2, 0.25) is 0 Å². The monoisotopic (exact) mass is 237 g/mol. The van der Waals surface area contributed by atoms with Crippen LogP contribution in [0.15, 0.2) is 36.5 Å². The summed E-state index contributed by atoms with van der Waals surface area (Å²) in [6, 6.07) is 5.58. The molecule has 0 bridgehead atoms. The second-order valence-electron chi connectivity index (χ2n) is 3.90. The maximum Gasteiger partial charge on any atom is 0.197 e. The number of hydrogen-bond acceptors (Lipinski definition) is 3. The van der Waals surface area contributed by atoms with Crippen molar-refractivity contribution in [1.29, 1.82) is 0 Å². The number of carbonyl (C=O) groups excluding carboxylic acids is 1. The summed E-state index contributed by atoms with van der Waals surface area (Å²) in [7, 11) is 3.66. The Morgan fingerprint density at radius 2 is 1.94 bits per heavy atom. The van der Waals surface area contributed by atoms with Crippen molar-refractivity contribution in [2.75, 3.05) is 14.1 Å². The SMILES string of the molecule is C[C@@H](Oc1ccc(F)cc1)C(=O)/C=C\N(C)C. The molecule has 1 atom stereocenters. The van der Waals surface area contributed by atoms with Crippen molar-refractivity contribution in [3.05, 3.63) is 42.4 Å². The lowest BCUT2D eigenvalue weighted by Crippen LogP contribution is -2.22. The van der Waals surface area contributed by atoms with Gasteiger partial charge in [-0.25, -0.2) is 4.39 Å². The van der Waals surface area contributed by atoms with E-state index in [2.05, 4.69) is 0 Å². The number of rotatable bonds is 5. The second-order valence-corrected chi connectivity index (χ2v) is 3.90. The molecule has 1 aromatic carbocycles. The molecule has 92 valence electrons. The minimum absolute atomic E-state index is 0.136. The summed E-state index contributed by atoms with van der Waals surface area (Å²) in [6.45, 7) is 1.66. The molecule has 0 aromatic heterocycles. The Labute approximate surface area is 100 Å². The summed E-state index contributed by atoms with van der Waals surface area (Å²) < 4.78 is 18.0. The molecule has 0 aliphatic rings. The van der Waals surface area contributed by atoms with E-state index in [1.807, 2.05) is 14.1 Å². The van der Waals surface area contributed by atoms with Gasteiger partial charge in [-0.2, -0.15) is 0 Å². The molecule has 0 aliphatic heterocycles. The van der Waals surface area contributed by atoms with Crippen LogP contribution in [0, 0.1) is 5.82 Å². The van der Waals surface area contributed by atoms with E-state index in [0.717, 1.165) is 0 Å². The molecule has 0 N–H and O–H groups in total. The molecule has 0 amide bonds. The van der Waals surface area contributed by atoms with Gasteiger partial charge in [-0.15, -0.1) is 0 Å². The van der Waals surface area contributed by atoms with Crippen molar-refractivity contribution in [2.24, 2.45) is 0 Å². The first-order valence-corrected chi connectivity index (χ1v) is 5.29. The van der Waals surface area contributed by atoms with E-state index >= 15 is 0 Å². The molecule has 0 fully saturated rings. The van der Waals surface area contributed by atoms with Gasteiger partial charge in [-0.3, -0.25) is 4.79 Å². The van der Waals surface area contributed by atoms with Gasteiger partial charge < -0.3 is 9.64 Å². The Bertz CT molecular complexity index is 398. The number of benzene rings is 1. The first-order valence-electron chi connectivity index (χ1n) is 5.29. The molecule has 1 rings (SSSR count). The third kappa shape index (κ3) is 4.68. The minimum Gasteiger partial charge on any atom is -0.483 e. The molecule has 4 heteroatoms. The van der Waals surface area contributed by atoms with E-state index in [1.54, 1.807) is 18.0 Å². The van der Waals surface area contributed by atoms with Crippen LogP contribution in [0.3, 0.4) is 0 Å². The van der Waals surface area contributed by atoms with Crippen molar-refractivity contribution in [3.8, 4) is 5.75 Å². The Morgan fingerprint density at radius 3 is 2.47 bits per heavy atom. The van der Waals surface area contributed by atoms with Crippen molar-refractivity contribution in [3.63, 3.8) is 0 Å². The fourth-order valence-corrected chi connectivity index (χ4v) is 1.13. The first-order chi connectivity index (χ1) is 7.99. The van der Waals surface area contributed by atoms with E-state index in [9.17, 15) is 9.18 Å². The number of ether oxygens (including phenoxy) is 1. The Balaban J connectivity index is 2.57. The summed E-state index contributed by atoms with van der Waals surface area (Å²) in [4.78, 5) is 13.4. The zero-order valence-electron chi connectivity index (χ0n) is 10.2. The number of carbonyl (C=O) groups is 1. The van der Waals surface area contributed by atoms with E-state index in [4.69, 9.17) is 4.74 Å². The second kappa shape index (κ2) is 6.03. The average molecular weight is 237 g/mol. The van der Waals surface area contributed by atoms with Crippen LogP contribution >= 0.6 is 0 Å². The maximum atomic E-state index is 12.7. The highest BCUT2D eigenvalue weighted by Crippen LogP contribution is 2.13. The standard InChI is InChI=1S/C13H16FNO2/c1-10(13(16)8-9-15(2)3)17-12-6-4-11(14)5-7-12/h4-10H,1-3H3/b9-8-/t10-/m1/s1. The van der Waals surface area contributed by atoms with Crippen LogP contribution in [-0.4, -0.2) is 30.9 Å². The fourth-order valence-electron chi connectivity index (χ4n) is 1.13. The highest BCUT2D eigenvalue weighted by molar-refractivity contribution is 5.93. The Kier molecular flexibility index (Phi) is 4.69. The van der Waals surface area contributed by atoms with Gasteiger partial charge in [-0.05, 0) is 31.2 Å². The zero-order valence-corrected chi connectivity index (χ0v) is 10.2. The molecule has 0 saturated carbocycles. The quantitative estimate of drug-likeness (QED) is 0.735. The number of halogens is 1. The molecule has 0 radical (unpaired) electrons. The van der Waals surface area contributed by atoms with Gasteiger partial charge in [0.2, 0.25) is 0 Å². The minimum atomic E-state index is -0.586. The molecule has 3 nitrogen and oxygen atoms in total. The number of hydrogen-bond donors (Lipinski definition) is 0. The lowest BCUT2D eigenvalue weighted by Gasteiger charge is -2.12. The molecule has 0 unspecified atom stereocenters. The normalized spacial score (nSPS) is 12.5. The lowest BCUT2D eigenvalue weighted by atomic mass is 10.2. The molecular formula is C13H16FNO2. The Morgan fingerprint density at radius 1 is 1.35 bits per heavy atom. The number of nitrogens with zero attached hydrogens (tertiary/aromatic N) is 1. The molecule has 0 aliphatic carbocycles. The van der Waals surface area contributed by atoms with Gasteiger partial charge in [0.1, 0.15) is 11.6 Å². The van der Waals surface area contributed by atoms with Gasteiger partial charge >= 0.3 is 0 Å². The van der Waals surface area contributed by atoms with Crippen molar-refractivity contribution >= 4 is 5.78 Å². The van der Waals surface area contributed by atoms with Crippen LogP contribution in [0.25, 0.3) is 0 Å². The van der Waals surface area contributed by atoms with E-state index in [0.29, 0.717) is 5.75 Å². The fraction of sp³-hybridized carbons (Fsp3) is 0.308. The highest BCUT2D eigenvalue weighted by atomic mass is 19.1. The van der Waals surface area contributed by atoms with E-state index in [1.165, 1.54) is 30.3 Å². The van der Waals surface area contributed by atoms with E-state index < -0.39 is 6.10 Å². The van der Waals surface area contributed by atoms with Crippen LogP contribution in [-0.2, 0) is 4.79 Å². The van der Waals surface area contributed by atoms with Crippen LogP contribution in [0.5, 0.6) is 5.75 Å².